The minimum Gasteiger partial charge on any atom is -0.354 e. The van der Waals surface area contributed by atoms with E-state index in [0.717, 1.165) is 0 Å². The van der Waals surface area contributed by atoms with E-state index in [1.54, 1.807) is 31.3 Å². The quantitative estimate of drug-likeness (QED) is 0.661. The third kappa shape index (κ3) is 7.32. The summed E-state index contributed by atoms with van der Waals surface area (Å²) in [4.78, 5) is 23.4. The van der Waals surface area contributed by atoms with Gasteiger partial charge in [-0.25, -0.2) is 0 Å². The number of hydrogen-bond donors (Lipinski definition) is 3. The van der Waals surface area contributed by atoms with E-state index in [1.807, 2.05) is 6.92 Å². The monoisotopic (exact) mass is 333 g/mol. The molecule has 118 valence electrons. The summed E-state index contributed by atoms with van der Waals surface area (Å²) < 4.78 is 0. The molecule has 1 rings (SSSR count). The van der Waals surface area contributed by atoms with Crippen molar-refractivity contribution >= 4 is 35.8 Å². The van der Waals surface area contributed by atoms with E-state index in [0.29, 0.717) is 30.2 Å². The van der Waals surface area contributed by atoms with Gasteiger partial charge in [0.1, 0.15) is 0 Å². The van der Waals surface area contributed by atoms with Crippen LogP contribution >= 0.6 is 24.0 Å². The second kappa shape index (κ2) is 10.4. The molecule has 0 aliphatic heterocycles. The van der Waals surface area contributed by atoms with E-state index in [4.69, 9.17) is 11.6 Å². The Morgan fingerprint density at radius 1 is 1.14 bits per heavy atom. The van der Waals surface area contributed by atoms with Gasteiger partial charge in [-0.15, -0.1) is 12.4 Å². The fourth-order valence-corrected chi connectivity index (χ4v) is 1.76. The molecule has 21 heavy (non-hydrogen) atoms. The van der Waals surface area contributed by atoms with Crippen LogP contribution in [0.4, 0.5) is 0 Å². The summed E-state index contributed by atoms with van der Waals surface area (Å²) in [6.07, 6.45) is 0. The third-order valence-corrected chi connectivity index (χ3v) is 3.03. The zero-order valence-electron chi connectivity index (χ0n) is 12.1. The number of halogens is 2. The van der Waals surface area contributed by atoms with Crippen molar-refractivity contribution in [2.75, 3.05) is 26.7 Å². The number of carbonyl (C=O) groups excluding carboxylic acids is 2. The summed E-state index contributed by atoms with van der Waals surface area (Å²) in [7, 11) is 1.80. The molecule has 7 heteroatoms. The Kier molecular flexibility index (Phi) is 9.78. The largest absolute Gasteiger partial charge is 0.354 e. The molecular weight excluding hydrogens is 313 g/mol. The maximum absolute atomic E-state index is 11.8. The van der Waals surface area contributed by atoms with E-state index < -0.39 is 0 Å². The van der Waals surface area contributed by atoms with E-state index in [9.17, 15) is 9.59 Å². The first kappa shape index (κ1) is 19.7. The Hall–Kier alpha value is -1.30. The lowest BCUT2D eigenvalue weighted by Crippen LogP contribution is -2.39. The lowest BCUT2D eigenvalue weighted by molar-refractivity contribution is -0.124. The average Bonchev–Trinajstić information content (AvgIpc) is 2.44. The molecule has 0 fully saturated rings. The molecule has 0 aliphatic carbocycles. The summed E-state index contributed by atoms with van der Waals surface area (Å²) in [5.74, 6) is -0.300. The fraction of sp³-hybridized carbons (Fsp3) is 0.429. The topological polar surface area (TPSA) is 70.2 Å². The normalized spacial score (nSPS) is 11.2. The standard InChI is InChI=1S/C14H20ClN3O2.ClH/c1-10(9-16-2)13(19)17-7-8-18-14(20)11-3-5-12(15)6-4-11;/h3-6,10,16H,7-9H2,1-2H3,(H,17,19)(H,18,20);1H. The molecule has 1 atom stereocenters. The van der Waals surface area contributed by atoms with E-state index >= 15 is 0 Å². The Labute approximate surface area is 136 Å². The van der Waals surface area contributed by atoms with Crippen LogP contribution < -0.4 is 16.0 Å². The molecule has 0 aromatic heterocycles. The van der Waals surface area contributed by atoms with Gasteiger partial charge in [0.05, 0.1) is 0 Å². The molecule has 0 spiro atoms. The fourth-order valence-electron chi connectivity index (χ4n) is 1.64. The van der Waals surface area contributed by atoms with Crippen molar-refractivity contribution in [1.82, 2.24) is 16.0 Å². The second-order valence-corrected chi connectivity index (χ2v) is 4.95. The highest BCUT2D eigenvalue weighted by atomic mass is 35.5. The first-order valence-electron chi connectivity index (χ1n) is 6.50. The summed E-state index contributed by atoms with van der Waals surface area (Å²) in [6, 6.07) is 6.64. The van der Waals surface area contributed by atoms with Crippen LogP contribution in [0.3, 0.4) is 0 Å². The molecule has 1 aromatic rings. The molecule has 0 saturated carbocycles. The van der Waals surface area contributed by atoms with Gasteiger partial charge in [-0.05, 0) is 31.3 Å². The van der Waals surface area contributed by atoms with E-state index in [-0.39, 0.29) is 30.1 Å². The average molecular weight is 334 g/mol. The van der Waals surface area contributed by atoms with Crippen LogP contribution in [0.1, 0.15) is 17.3 Å². The maximum Gasteiger partial charge on any atom is 0.251 e. The third-order valence-electron chi connectivity index (χ3n) is 2.77. The van der Waals surface area contributed by atoms with Crippen LogP contribution in [-0.4, -0.2) is 38.5 Å². The van der Waals surface area contributed by atoms with Crippen molar-refractivity contribution in [2.45, 2.75) is 6.92 Å². The smallest absolute Gasteiger partial charge is 0.251 e. The van der Waals surface area contributed by atoms with Gasteiger partial charge < -0.3 is 16.0 Å². The number of rotatable bonds is 7. The first-order chi connectivity index (χ1) is 9.54. The molecular formula is C14H21Cl2N3O2. The summed E-state index contributed by atoms with van der Waals surface area (Å²) in [5, 5.41) is 9.03. The minimum absolute atomic E-state index is 0. The van der Waals surface area contributed by atoms with Gasteiger partial charge in [-0.3, -0.25) is 9.59 Å². The number of hydrogen-bond acceptors (Lipinski definition) is 3. The van der Waals surface area contributed by atoms with Crippen molar-refractivity contribution in [3.63, 3.8) is 0 Å². The molecule has 3 N–H and O–H groups in total. The maximum atomic E-state index is 11.8. The van der Waals surface area contributed by atoms with Gasteiger partial charge in [0.2, 0.25) is 5.91 Å². The van der Waals surface area contributed by atoms with Crippen molar-refractivity contribution < 1.29 is 9.59 Å². The van der Waals surface area contributed by atoms with Crippen LogP contribution in [0.25, 0.3) is 0 Å². The van der Waals surface area contributed by atoms with Gasteiger partial charge in [0.15, 0.2) is 0 Å². The molecule has 0 aliphatic rings. The van der Waals surface area contributed by atoms with Crippen molar-refractivity contribution in [3.8, 4) is 0 Å². The van der Waals surface area contributed by atoms with Gasteiger partial charge in [-0.1, -0.05) is 18.5 Å². The molecule has 0 radical (unpaired) electrons. The van der Waals surface area contributed by atoms with Crippen LogP contribution in [0, 0.1) is 5.92 Å². The molecule has 2 amide bonds. The summed E-state index contributed by atoms with van der Waals surface area (Å²) >= 11 is 5.75. The van der Waals surface area contributed by atoms with Crippen LogP contribution in [0.2, 0.25) is 5.02 Å². The van der Waals surface area contributed by atoms with Gasteiger partial charge in [0, 0.05) is 36.1 Å². The van der Waals surface area contributed by atoms with Crippen LogP contribution in [-0.2, 0) is 4.79 Å². The molecule has 0 heterocycles. The van der Waals surface area contributed by atoms with Crippen LogP contribution in [0.5, 0.6) is 0 Å². The minimum atomic E-state index is -0.181. The van der Waals surface area contributed by atoms with Gasteiger partial charge >= 0.3 is 0 Å². The highest BCUT2D eigenvalue weighted by Gasteiger charge is 2.10. The lowest BCUT2D eigenvalue weighted by Gasteiger charge is -2.12. The number of carbonyl (C=O) groups is 2. The number of amides is 2. The molecule has 0 saturated heterocycles. The second-order valence-electron chi connectivity index (χ2n) is 4.51. The van der Waals surface area contributed by atoms with E-state index in [1.165, 1.54) is 0 Å². The molecule has 1 aromatic carbocycles. The first-order valence-corrected chi connectivity index (χ1v) is 6.88. The number of benzene rings is 1. The predicted molar refractivity (Wildman–Crippen MR) is 87.1 cm³/mol. The highest BCUT2D eigenvalue weighted by molar-refractivity contribution is 6.30. The summed E-state index contributed by atoms with van der Waals surface area (Å²) in [6.45, 7) is 3.27. The zero-order chi connectivity index (χ0) is 15.0. The van der Waals surface area contributed by atoms with E-state index in [2.05, 4.69) is 16.0 Å². The Balaban J connectivity index is 0.00000400. The van der Waals surface area contributed by atoms with Gasteiger partial charge in [-0.2, -0.15) is 0 Å². The lowest BCUT2D eigenvalue weighted by atomic mass is 10.1. The van der Waals surface area contributed by atoms with Crippen LogP contribution in [0.15, 0.2) is 24.3 Å². The Morgan fingerprint density at radius 2 is 1.71 bits per heavy atom. The Morgan fingerprint density at radius 3 is 2.29 bits per heavy atom. The van der Waals surface area contributed by atoms with Crippen molar-refractivity contribution in [1.29, 1.82) is 0 Å². The molecule has 0 bridgehead atoms. The zero-order valence-corrected chi connectivity index (χ0v) is 13.7. The summed E-state index contributed by atoms with van der Waals surface area (Å²) in [5.41, 5.74) is 0.546. The molecule has 1 unspecified atom stereocenters. The molecule has 5 nitrogen and oxygen atoms in total. The van der Waals surface area contributed by atoms with Crippen molar-refractivity contribution in [3.05, 3.63) is 34.9 Å². The number of nitrogens with one attached hydrogen (secondary N) is 3. The van der Waals surface area contributed by atoms with Gasteiger partial charge in [0.25, 0.3) is 5.91 Å². The van der Waals surface area contributed by atoms with Crippen molar-refractivity contribution in [2.24, 2.45) is 5.92 Å². The Bertz CT molecular complexity index is 452. The highest BCUT2D eigenvalue weighted by Crippen LogP contribution is 2.09. The SMILES string of the molecule is CNCC(C)C(=O)NCCNC(=O)c1ccc(Cl)cc1.Cl. The predicted octanol–water partition coefficient (Wildman–Crippen LogP) is 1.46.